The van der Waals surface area contributed by atoms with Gasteiger partial charge < -0.3 is 5.73 Å². The lowest BCUT2D eigenvalue weighted by molar-refractivity contribution is 0.100. The molecule has 0 spiro atoms. The van der Waals surface area contributed by atoms with E-state index >= 15 is 0 Å². The highest BCUT2D eigenvalue weighted by molar-refractivity contribution is 7.17. The number of rotatable bonds is 3. The number of thiophene rings is 1. The number of hydrogen-bond donors (Lipinski definition) is 2. The molecule has 2 aromatic heterocycles. The Kier molecular flexibility index (Phi) is 2.97. The average Bonchev–Trinajstić information content (AvgIpc) is 2.87. The van der Waals surface area contributed by atoms with Crippen LogP contribution in [0.2, 0.25) is 0 Å². The maximum Gasteiger partial charge on any atom is 0.260 e. The zero-order valence-electron chi connectivity index (χ0n) is 7.97. The van der Waals surface area contributed by atoms with Crippen molar-refractivity contribution in [2.24, 2.45) is 5.73 Å². The van der Waals surface area contributed by atoms with Crippen LogP contribution in [-0.2, 0) is 0 Å². The summed E-state index contributed by atoms with van der Waals surface area (Å²) in [6, 6.07) is 1.71. The van der Waals surface area contributed by atoms with E-state index in [1.165, 1.54) is 17.5 Å². The van der Waals surface area contributed by atoms with Crippen molar-refractivity contribution in [3.05, 3.63) is 33.5 Å². The normalized spacial score (nSPS) is 10.0. The SMILES string of the molecule is NC(=O)c1cnc(NC(=O)c2ccsc2)s1. The first-order chi connectivity index (χ1) is 7.66. The van der Waals surface area contributed by atoms with Gasteiger partial charge in [-0.1, -0.05) is 11.3 Å². The first-order valence-electron chi connectivity index (χ1n) is 4.26. The highest BCUT2D eigenvalue weighted by Crippen LogP contribution is 2.18. The molecule has 0 saturated carbocycles. The lowest BCUT2D eigenvalue weighted by Crippen LogP contribution is -2.10. The molecule has 0 aliphatic rings. The highest BCUT2D eigenvalue weighted by atomic mass is 32.1. The van der Waals surface area contributed by atoms with E-state index in [0.717, 1.165) is 11.3 Å². The molecule has 0 aliphatic heterocycles. The standard InChI is InChI=1S/C9H7N3O2S2/c10-7(13)6-3-11-9(16-6)12-8(14)5-1-2-15-4-5/h1-4H,(H2,10,13)(H,11,12,14). The Balaban J connectivity index is 2.09. The third-order valence-electron chi connectivity index (χ3n) is 1.75. The van der Waals surface area contributed by atoms with Crippen LogP contribution >= 0.6 is 22.7 Å². The minimum absolute atomic E-state index is 0.244. The third-order valence-corrected chi connectivity index (χ3v) is 3.36. The zero-order valence-corrected chi connectivity index (χ0v) is 9.60. The van der Waals surface area contributed by atoms with Crippen molar-refractivity contribution in [2.45, 2.75) is 0 Å². The molecule has 82 valence electrons. The van der Waals surface area contributed by atoms with Gasteiger partial charge in [-0.05, 0) is 11.4 Å². The summed E-state index contributed by atoms with van der Waals surface area (Å²) in [5, 5.41) is 6.50. The maximum atomic E-state index is 11.6. The van der Waals surface area contributed by atoms with Crippen LogP contribution in [0.3, 0.4) is 0 Å². The monoisotopic (exact) mass is 253 g/mol. The summed E-state index contributed by atoms with van der Waals surface area (Å²) in [5.41, 5.74) is 5.64. The van der Waals surface area contributed by atoms with Gasteiger partial charge in [-0.15, -0.1) is 0 Å². The number of carbonyl (C=O) groups is 2. The molecule has 2 aromatic rings. The number of nitrogens with two attached hydrogens (primary N) is 1. The van der Waals surface area contributed by atoms with Gasteiger partial charge in [-0.25, -0.2) is 4.98 Å². The molecule has 2 rings (SSSR count). The van der Waals surface area contributed by atoms with Crippen LogP contribution in [-0.4, -0.2) is 16.8 Å². The predicted octanol–water partition coefficient (Wildman–Crippen LogP) is 1.56. The summed E-state index contributed by atoms with van der Waals surface area (Å²) >= 11 is 2.49. The topological polar surface area (TPSA) is 85.1 Å². The number of nitrogens with zero attached hydrogens (tertiary/aromatic N) is 1. The van der Waals surface area contributed by atoms with Gasteiger partial charge in [0.05, 0.1) is 11.8 Å². The van der Waals surface area contributed by atoms with E-state index < -0.39 is 5.91 Å². The van der Waals surface area contributed by atoms with Gasteiger partial charge in [0.1, 0.15) is 4.88 Å². The lowest BCUT2D eigenvalue weighted by Gasteiger charge is -1.97. The number of nitrogens with one attached hydrogen (secondary N) is 1. The first kappa shape index (κ1) is 10.8. The quantitative estimate of drug-likeness (QED) is 0.870. The molecule has 2 heterocycles. The van der Waals surface area contributed by atoms with Crippen molar-refractivity contribution in [2.75, 3.05) is 5.32 Å². The third kappa shape index (κ3) is 2.26. The summed E-state index contributed by atoms with van der Waals surface area (Å²) in [6.45, 7) is 0. The van der Waals surface area contributed by atoms with E-state index in [1.807, 2.05) is 5.38 Å². The molecule has 5 nitrogen and oxygen atoms in total. The summed E-state index contributed by atoms with van der Waals surface area (Å²) in [7, 11) is 0. The van der Waals surface area contributed by atoms with E-state index in [9.17, 15) is 9.59 Å². The molecule has 0 radical (unpaired) electrons. The molecular formula is C9H7N3O2S2. The fourth-order valence-corrected chi connectivity index (χ4v) is 2.31. The van der Waals surface area contributed by atoms with Crippen LogP contribution in [0.15, 0.2) is 23.0 Å². The summed E-state index contributed by atoms with van der Waals surface area (Å²) < 4.78 is 0. The second-order valence-electron chi connectivity index (χ2n) is 2.86. The van der Waals surface area contributed by atoms with Crippen molar-refractivity contribution in [1.82, 2.24) is 4.98 Å². The van der Waals surface area contributed by atoms with Crippen molar-refractivity contribution >= 4 is 39.6 Å². The molecule has 0 atom stereocenters. The molecule has 3 N–H and O–H groups in total. The van der Waals surface area contributed by atoms with Gasteiger partial charge in [0.2, 0.25) is 0 Å². The minimum Gasteiger partial charge on any atom is -0.365 e. The van der Waals surface area contributed by atoms with Crippen LogP contribution in [0, 0.1) is 0 Å². The van der Waals surface area contributed by atoms with Crippen LogP contribution in [0.25, 0.3) is 0 Å². The van der Waals surface area contributed by atoms with Crippen molar-refractivity contribution < 1.29 is 9.59 Å². The smallest absolute Gasteiger partial charge is 0.260 e. The minimum atomic E-state index is -0.548. The molecule has 16 heavy (non-hydrogen) atoms. The van der Waals surface area contributed by atoms with Gasteiger partial charge in [0.15, 0.2) is 5.13 Å². The van der Waals surface area contributed by atoms with Crippen LogP contribution in [0.4, 0.5) is 5.13 Å². The summed E-state index contributed by atoms with van der Waals surface area (Å²) in [6.07, 6.45) is 1.34. The van der Waals surface area contributed by atoms with E-state index in [1.54, 1.807) is 11.4 Å². The number of carbonyl (C=O) groups excluding carboxylic acids is 2. The van der Waals surface area contributed by atoms with Crippen LogP contribution in [0.5, 0.6) is 0 Å². The Morgan fingerprint density at radius 1 is 1.44 bits per heavy atom. The van der Waals surface area contributed by atoms with Crippen molar-refractivity contribution in [3.63, 3.8) is 0 Å². The van der Waals surface area contributed by atoms with Gasteiger partial charge in [0, 0.05) is 5.38 Å². The maximum absolute atomic E-state index is 11.6. The van der Waals surface area contributed by atoms with Gasteiger partial charge in [-0.2, -0.15) is 11.3 Å². The van der Waals surface area contributed by atoms with E-state index in [2.05, 4.69) is 10.3 Å². The van der Waals surface area contributed by atoms with Gasteiger partial charge in [-0.3, -0.25) is 14.9 Å². The fourth-order valence-electron chi connectivity index (χ4n) is 1.01. The molecule has 2 amide bonds. The number of amides is 2. The van der Waals surface area contributed by atoms with Crippen LogP contribution < -0.4 is 11.1 Å². The van der Waals surface area contributed by atoms with Crippen molar-refractivity contribution in [3.8, 4) is 0 Å². The first-order valence-corrected chi connectivity index (χ1v) is 6.02. The van der Waals surface area contributed by atoms with Crippen LogP contribution in [0.1, 0.15) is 20.0 Å². The molecule has 0 aromatic carbocycles. The molecule has 0 unspecified atom stereocenters. The van der Waals surface area contributed by atoms with Gasteiger partial charge >= 0.3 is 0 Å². The van der Waals surface area contributed by atoms with E-state index in [4.69, 9.17) is 5.73 Å². The number of thiazole rings is 1. The Labute approximate surface area is 98.9 Å². The fraction of sp³-hybridized carbons (Fsp3) is 0. The molecule has 0 bridgehead atoms. The van der Waals surface area contributed by atoms with E-state index in [-0.39, 0.29) is 5.91 Å². The molecular weight excluding hydrogens is 246 g/mol. The number of hydrogen-bond acceptors (Lipinski definition) is 5. The van der Waals surface area contributed by atoms with E-state index in [0.29, 0.717) is 15.6 Å². The Morgan fingerprint density at radius 3 is 2.81 bits per heavy atom. The number of aromatic nitrogens is 1. The Bertz CT molecular complexity index is 519. The second kappa shape index (κ2) is 4.42. The molecule has 0 aliphatic carbocycles. The Hall–Kier alpha value is -1.73. The Morgan fingerprint density at radius 2 is 2.25 bits per heavy atom. The predicted molar refractivity (Wildman–Crippen MR) is 62.9 cm³/mol. The summed E-state index contributed by atoms with van der Waals surface area (Å²) in [5.74, 6) is -0.792. The molecule has 0 fully saturated rings. The summed E-state index contributed by atoms with van der Waals surface area (Å²) in [4.78, 5) is 26.6. The number of anilines is 1. The largest absolute Gasteiger partial charge is 0.365 e. The van der Waals surface area contributed by atoms with Gasteiger partial charge in [0.25, 0.3) is 11.8 Å². The second-order valence-corrected chi connectivity index (χ2v) is 4.67. The lowest BCUT2D eigenvalue weighted by atomic mass is 10.3. The highest BCUT2D eigenvalue weighted by Gasteiger charge is 2.11. The molecule has 0 saturated heterocycles. The molecule has 7 heteroatoms. The zero-order chi connectivity index (χ0) is 11.5. The van der Waals surface area contributed by atoms with Crippen molar-refractivity contribution in [1.29, 1.82) is 0 Å². The average molecular weight is 253 g/mol. The number of primary amides is 1.